The molecule has 0 nitrogen and oxygen atoms in total. The van der Waals surface area contributed by atoms with Gasteiger partial charge in [-0.15, -0.1) is 0 Å². The van der Waals surface area contributed by atoms with Crippen LogP contribution < -0.4 is 0 Å². The van der Waals surface area contributed by atoms with Gasteiger partial charge in [0.15, 0.2) is 0 Å². The van der Waals surface area contributed by atoms with Crippen LogP contribution in [0.4, 0.5) is 0 Å². The zero-order valence-corrected chi connectivity index (χ0v) is 7.63. The fourth-order valence-corrected chi connectivity index (χ4v) is 1.22. The number of hydrogen-bond donors (Lipinski definition) is 0. The van der Waals surface area contributed by atoms with Gasteiger partial charge in [-0.05, 0) is 44.6 Å². The van der Waals surface area contributed by atoms with Crippen LogP contribution in [0, 0.1) is 6.08 Å². The molecule has 0 bridgehead atoms. The van der Waals surface area contributed by atoms with Gasteiger partial charge in [-0.25, -0.2) is 0 Å². The van der Waals surface area contributed by atoms with Gasteiger partial charge in [0.05, 0.1) is 0 Å². The molecule has 0 saturated carbocycles. The third-order valence-corrected chi connectivity index (χ3v) is 1.92. The summed E-state index contributed by atoms with van der Waals surface area (Å²) in [5.41, 5.74) is 0. The molecule has 0 atom stereocenters. The molecule has 0 N–H and O–H groups in total. The fourth-order valence-electron chi connectivity index (χ4n) is 1.22. The van der Waals surface area contributed by atoms with Crippen molar-refractivity contribution in [2.24, 2.45) is 0 Å². The third-order valence-electron chi connectivity index (χ3n) is 1.92. The maximum absolute atomic E-state index is 3.29. The maximum atomic E-state index is 3.29. The SMILES string of the molecule is [C]1=C\C/C=C/CC/C=C/CCC/1. The minimum absolute atomic E-state index is 1.06. The highest BCUT2D eigenvalue weighted by Crippen LogP contribution is 2.02. The van der Waals surface area contributed by atoms with E-state index in [1.54, 1.807) is 0 Å². The van der Waals surface area contributed by atoms with Crippen LogP contribution in [0.1, 0.15) is 38.5 Å². The summed E-state index contributed by atoms with van der Waals surface area (Å²) in [6.07, 6.45) is 21.5. The van der Waals surface area contributed by atoms with E-state index < -0.39 is 0 Å². The van der Waals surface area contributed by atoms with Crippen LogP contribution in [-0.2, 0) is 0 Å². The third kappa shape index (κ3) is 4.95. The number of rotatable bonds is 0. The van der Waals surface area contributed by atoms with Gasteiger partial charge in [-0.1, -0.05) is 30.4 Å². The maximum Gasteiger partial charge on any atom is -0.0163 e. The molecule has 0 saturated heterocycles. The molecule has 0 fully saturated rings. The summed E-state index contributed by atoms with van der Waals surface area (Å²) in [6.45, 7) is 0. The van der Waals surface area contributed by atoms with Crippen molar-refractivity contribution < 1.29 is 0 Å². The van der Waals surface area contributed by atoms with E-state index in [-0.39, 0.29) is 0 Å². The molecule has 1 rings (SSSR count). The summed E-state index contributed by atoms with van der Waals surface area (Å²) in [5.74, 6) is 0. The molecule has 0 aliphatic heterocycles. The van der Waals surface area contributed by atoms with Crippen molar-refractivity contribution in [2.75, 3.05) is 0 Å². The monoisotopic (exact) mass is 161 g/mol. The Morgan fingerprint density at radius 2 is 1.58 bits per heavy atom. The van der Waals surface area contributed by atoms with Crippen LogP contribution in [-0.4, -0.2) is 0 Å². The lowest BCUT2D eigenvalue weighted by Gasteiger charge is -1.92. The van der Waals surface area contributed by atoms with Crippen molar-refractivity contribution in [1.82, 2.24) is 0 Å². The van der Waals surface area contributed by atoms with Gasteiger partial charge < -0.3 is 0 Å². The van der Waals surface area contributed by atoms with E-state index in [0.29, 0.717) is 0 Å². The molecule has 12 heavy (non-hydrogen) atoms. The Hall–Kier alpha value is -0.780. The van der Waals surface area contributed by atoms with E-state index in [0.717, 1.165) is 12.8 Å². The average molecular weight is 161 g/mol. The van der Waals surface area contributed by atoms with Crippen LogP contribution >= 0.6 is 0 Å². The first-order chi connectivity index (χ1) is 6.00. The molecule has 0 aromatic rings. The topological polar surface area (TPSA) is 0 Å². The van der Waals surface area contributed by atoms with Gasteiger partial charge in [0, 0.05) is 0 Å². The van der Waals surface area contributed by atoms with Crippen LogP contribution in [0.3, 0.4) is 0 Å². The molecule has 0 unspecified atom stereocenters. The second kappa shape index (κ2) is 6.90. The van der Waals surface area contributed by atoms with Gasteiger partial charge in [-0.3, -0.25) is 0 Å². The Labute approximate surface area is 75.7 Å². The molecular formula is C12H17. The van der Waals surface area contributed by atoms with Crippen LogP contribution in [0.5, 0.6) is 0 Å². The molecule has 65 valence electrons. The normalized spacial score (nSPS) is 28.0. The van der Waals surface area contributed by atoms with Crippen molar-refractivity contribution >= 4 is 0 Å². The van der Waals surface area contributed by atoms with Crippen molar-refractivity contribution in [3.8, 4) is 0 Å². The van der Waals surface area contributed by atoms with Crippen LogP contribution in [0.2, 0.25) is 0 Å². The summed E-state index contributed by atoms with van der Waals surface area (Å²) in [6, 6.07) is 0. The second-order valence-corrected chi connectivity index (χ2v) is 3.06. The zero-order chi connectivity index (χ0) is 8.49. The van der Waals surface area contributed by atoms with E-state index in [4.69, 9.17) is 0 Å². The van der Waals surface area contributed by atoms with Crippen molar-refractivity contribution in [1.29, 1.82) is 0 Å². The lowest BCUT2D eigenvalue weighted by molar-refractivity contribution is 0.845. The first kappa shape index (κ1) is 9.31. The Morgan fingerprint density at radius 1 is 0.833 bits per heavy atom. The largest absolute Gasteiger partial charge is 0.0885 e. The van der Waals surface area contributed by atoms with Gasteiger partial charge in [0.1, 0.15) is 0 Å². The smallest absolute Gasteiger partial charge is 0.0163 e. The van der Waals surface area contributed by atoms with Crippen molar-refractivity contribution in [3.05, 3.63) is 36.5 Å². The molecule has 1 aliphatic rings. The molecule has 0 aromatic carbocycles. The Balaban J connectivity index is 2.30. The van der Waals surface area contributed by atoms with E-state index in [2.05, 4.69) is 36.5 Å². The van der Waals surface area contributed by atoms with E-state index in [9.17, 15) is 0 Å². The minimum Gasteiger partial charge on any atom is -0.0885 e. The summed E-state index contributed by atoms with van der Waals surface area (Å²) >= 11 is 0. The first-order valence-corrected chi connectivity index (χ1v) is 4.85. The van der Waals surface area contributed by atoms with E-state index in [1.807, 2.05) is 0 Å². The Kier molecular flexibility index (Phi) is 5.35. The lowest BCUT2D eigenvalue weighted by atomic mass is 10.1. The fraction of sp³-hybridized carbons (Fsp3) is 0.500. The van der Waals surface area contributed by atoms with Gasteiger partial charge >= 0.3 is 0 Å². The predicted molar refractivity (Wildman–Crippen MR) is 53.8 cm³/mol. The number of allylic oxidation sites excluding steroid dienone is 6. The van der Waals surface area contributed by atoms with Crippen LogP contribution in [0.25, 0.3) is 0 Å². The molecule has 0 heterocycles. The number of hydrogen-bond acceptors (Lipinski definition) is 0. The lowest BCUT2D eigenvalue weighted by Crippen LogP contribution is -1.73. The Bertz CT molecular complexity index is 172. The molecule has 1 aliphatic carbocycles. The van der Waals surface area contributed by atoms with Crippen molar-refractivity contribution in [3.63, 3.8) is 0 Å². The summed E-state index contributed by atoms with van der Waals surface area (Å²) < 4.78 is 0. The highest BCUT2D eigenvalue weighted by Gasteiger charge is 1.83. The average Bonchev–Trinajstić information content (AvgIpc) is 2.05. The standard InChI is InChI=1S/C12H17/c1-2-4-6-8-10-12-11-9-7-5-3-1/h1-2,5,8,10H,3-4,6,9,11-12H2/b2-1+,7-5?,10-8+. The first-order valence-electron chi connectivity index (χ1n) is 4.85. The Morgan fingerprint density at radius 3 is 2.50 bits per heavy atom. The quantitative estimate of drug-likeness (QED) is 0.474. The molecule has 0 aromatic heterocycles. The van der Waals surface area contributed by atoms with Gasteiger partial charge in [-0.2, -0.15) is 0 Å². The van der Waals surface area contributed by atoms with Crippen molar-refractivity contribution in [2.45, 2.75) is 38.5 Å². The second-order valence-electron chi connectivity index (χ2n) is 3.06. The molecule has 0 amide bonds. The summed E-state index contributed by atoms with van der Waals surface area (Å²) in [5, 5.41) is 0. The molecule has 0 heteroatoms. The summed E-state index contributed by atoms with van der Waals surface area (Å²) in [4.78, 5) is 0. The summed E-state index contributed by atoms with van der Waals surface area (Å²) in [7, 11) is 0. The predicted octanol–water partition coefficient (Wildman–Crippen LogP) is 3.81. The zero-order valence-electron chi connectivity index (χ0n) is 7.63. The minimum atomic E-state index is 1.06. The van der Waals surface area contributed by atoms with E-state index in [1.165, 1.54) is 25.7 Å². The van der Waals surface area contributed by atoms with Gasteiger partial charge in [0.2, 0.25) is 0 Å². The molecule has 0 spiro atoms. The highest BCUT2D eigenvalue weighted by molar-refractivity contribution is 4.93. The van der Waals surface area contributed by atoms with E-state index >= 15 is 0 Å². The van der Waals surface area contributed by atoms with Crippen LogP contribution in [0.15, 0.2) is 30.4 Å². The molecule has 1 radical (unpaired) electrons. The van der Waals surface area contributed by atoms with Gasteiger partial charge in [0.25, 0.3) is 0 Å². The molecular weight excluding hydrogens is 144 g/mol. The highest BCUT2D eigenvalue weighted by atomic mass is 13.9.